The van der Waals surface area contributed by atoms with Gasteiger partial charge in [0.15, 0.2) is 11.3 Å². The molecule has 0 saturated heterocycles. The Morgan fingerprint density at radius 3 is 2.23 bits per heavy atom. The van der Waals surface area contributed by atoms with Crippen LogP contribution in [0.1, 0.15) is 52.5 Å². The van der Waals surface area contributed by atoms with E-state index in [9.17, 15) is 28.1 Å². The van der Waals surface area contributed by atoms with Crippen LogP contribution in [-0.4, -0.2) is 25.4 Å². The van der Waals surface area contributed by atoms with E-state index in [1.807, 2.05) is 45.9 Å². The summed E-state index contributed by atoms with van der Waals surface area (Å²) in [7, 11) is 0. The number of carbonyl (C=O) groups excluding carboxylic acids is 1. The number of hydrogen-bond acceptors (Lipinski definition) is 6. The predicted molar refractivity (Wildman–Crippen MR) is 155 cm³/mol. The lowest BCUT2D eigenvalue weighted by Gasteiger charge is -2.13. The largest absolute Gasteiger partial charge is 0.457 e. The SMILES string of the molecule is Cc1cc(C)cc(Oc2cc(NC(=O)c3cnn4c(C(F)(F)F)cc(-c5ccc(C(C)C)cc5)nc34)cc([N+](=O)[O-])c2)c1. The Kier molecular flexibility index (Phi) is 7.61. The lowest BCUT2D eigenvalue weighted by molar-refractivity contribution is -0.384. The van der Waals surface area contributed by atoms with Gasteiger partial charge >= 0.3 is 6.18 Å². The number of nitrogens with one attached hydrogen (secondary N) is 1. The minimum absolute atomic E-state index is 0.00386. The number of hydrogen-bond donors (Lipinski definition) is 1. The normalized spacial score (nSPS) is 11.6. The van der Waals surface area contributed by atoms with E-state index < -0.39 is 22.7 Å². The zero-order valence-corrected chi connectivity index (χ0v) is 23.6. The van der Waals surface area contributed by atoms with E-state index in [1.54, 1.807) is 24.3 Å². The number of amides is 1. The van der Waals surface area contributed by atoms with Crippen LogP contribution in [-0.2, 0) is 6.18 Å². The average Bonchev–Trinajstić information content (AvgIpc) is 3.35. The number of alkyl halides is 3. The van der Waals surface area contributed by atoms with Crippen molar-refractivity contribution in [3.05, 3.63) is 111 Å². The predicted octanol–water partition coefficient (Wildman–Crippen LogP) is 8.11. The van der Waals surface area contributed by atoms with Gasteiger partial charge < -0.3 is 10.1 Å². The maximum absolute atomic E-state index is 14.1. The number of ether oxygens (including phenoxy) is 1. The van der Waals surface area contributed by atoms with Gasteiger partial charge in [0.05, 0.1) is 28.6 Å². The first-order chi connectivity index (χ1) is 20.3. The van der Waals surface area contributed by atoms with E-state index in [1.165, 1.54) is 12.1 Å². The summed E-state index contributed by atoms with van der Waals surface area (Å²) in [6, 6.07) is 17.0. The number of non-ortho nitro benzene ring substituents is 1. The molecule has 2 heterocycles. The molecule has 5 aromatic rings. The number of nitro benzene ring substituents is 1. The van der Waals surface area contributed by atoms with Crippen molar-refractivity contribution in [3.63, 3.8) is 0 Å². The van der Waals surface area contributed by atoms with Crippen molar-refractivity contribution >= 4 is 22.9 Å². The highest BCUT2D eigenvalue weighted by Gasteiger charge is 2.36. The maximum Gasteiger partial charge on any atom is 0.433 e. The Balaban J connectivity index is 1.53. The Labute approximate surface area is 244 Å². The second-order valence-electron chi connectivity index (χ2n) is 10.4. The number of anilines is 1. The number of aromatic nitrogens is 3. The highest BCUT2D eigenvalue weighted by Crippen LogP contribution is 2.34. The highest BCUT2D eigenvalue weighted by molar-refractivity contribution is 6.08. The molecule has 1 N–H and O–H groups in total. The molecule has 0 bridgehead atoms. The number of aryl methyl sites for hydroxylation is 2. The van der Waals surface area contributed by atoms with Crippen molar-refractivity contribution in [1.82, 2.24) is 14.6 Å². The summed E-state index contributed by atoms with van der Waals surface area (Å²) in [4.78, 5) is 28.7. The fourth-order valence-electron chi connectivity index (χ4n) is 4.66. The van der Waals surface area contributed by atoms with Crippen molar-refractivity contribution < 1.29 is 27.6 Å². The Hall–Kier alpha value is -5.26. The van der Waals surface area contributed by atoms with Crippen LogP contribution in [0.3, 0.4) is 0 Å². The van der Waals surface area contributed by atoms with Gasteiger partial charge in [-0.1, -0.05) is 44.2 Å². The molecule has 220 valence electrons. The molecule has 0 atom stereocenters. The topological polar surface area (TPSA) is 112 Å². The van der Waals surface area contributed by atoms with E-state index in [4.69, 9.17) is 4.74 Å². The van der Waals surface area contributed by atoms with Crippen LogP contribution in [0.25, 0.3) is 16.9 Å². The fourth-order valence-corrected chi connectivity index (χ4v) is 4.66. The standard InChI is InChI=1S/C31H26F3N5O4/c1-17(2)20-5-7-21(8-6-20)27-15-28(31(32,33)34)38-29(37-27)26(16-35-38)30(40)36-22-12-23(39(41)42)14-25(13-22)43-24-10-18(3)9-19(4)11-24/h5-17H,1-4H3,(H,36,40). The number of nitrogens with zero attached hydrogens (tertiary/aromatic N) is 4. The molecular weight excluding hydrogens is 563 g/mol. The average molecular weight is 590 g/mol. The number of carbonyl (C=O) groups is 1. The third kappa shape index (κ3) is 6.32. The quantitative estimate of drug-likeness (QED) is 0.152. The second-order valence-corrected chi connectivity index (χ2v) is 10.4. The van der Waals surface area contributed by atoms with E-state index in [0.29, 0.717) is 15.8 Å². The van der Waals surface area contributed by atoms with Gasteiger partial charge in [-0.15, -0.1) is 0 Å². The molecule has 0 aliphatic heterocycles. The molecule has 0 aliphatic carbocycles. The molecule has 9 nitrogen and oxygen atoms in total. The Bertz CT molecular complexity index is 1840. The van der Waals surface area contributed by atoms with Crippen LogP contribution >= 0.6 is 0 Å². The highest BCUT2D eigenvalue weighted by atomic mass is 19.4. The lowest BCUT2D eigenvalue weighted by Crippen LogP contribution is -2.16. The minimum atomic E-state index is -4.80. The van der Waals surface area contributed by atoms with E-state index in [2.05, 4.69) is 15.4 Å². The number of benzene rings is 3. The van der Waals surface area contributed by atoms with Crippen molar-refractivity contribution in [1.29, 1.82) is 0 Å². The molecule has 2 aromatic heterocycles. The summed E-state index contributed by atoms with van der Waals surface area (Å²) in [5.74, 6) is -0.114. The smallest absolute Gasteiger partial charge is 0.433 e. The van der Waals surface area contributed by atoms with E-state index in [-0.39, 0.29) is 39.9 Å². The maximum atomic E-state index is 14.1. The summed E-state index contributed by atoms with van der Waals surface area (Å²) in [6.45, 7) is 7.75. The molecule has 3 aromatic carbocycles. The summed E-state index contributed by atoms with van der Waals surface area (Å²) in [5, 5.41) is 17.9. The molecule has 0 radical (unpaired) electrons. The summed E-state index contributed by atoms with van der Waals surface area (Å²) < 4.78 is 48.6. The van der Waals surface area contributed by atoms with Crippen LogP contribution < -0.4 is 10.1 Å². The van der Waals surface area contributed by atoms with Crippen LogP contribution in [0, 0.1) is 24.0 Å². The summed E-state index contributed by atoms with van der Waals surface area (Å²) >= 11 is 0. The molecule has 0 spiro atoms. The fraction of sp³-hybridized carbons (Fsp3) is 0.194. The van der Waals surface area contributed by atoms with Crippen molar-refractivity contribution in [2.45, 2.75) is 39.8 Å². The number of halogens is 3. The molecule has 0 unspecified atom stereocenters. The molecule has 12 heteroatoms. The third-order valence-electron chi connectivity index (χ3n) is 6.67. The van der Waals surface area contributed by atoms with Gasteiger partial charge in [0, 0.05) is 17.7 Å². The van der Waals surface area contributed by atoms with Gasteiger partial charge in [0.2, 0.25) is 0 Å². The number of nitro groups is 1. The first-order valence-corrected chi connectivity index (χ1v) is 13.2. The summed E-state index contributed by atoms with van der Waals surface area (Å²) in [6.07, 6.45) is -3.82. The van der Waals surface area contributed by atoms with Gasteiger partial charge in [-0.2, -0.15) is 18.3 Å². The summed E-state index contributed by atoms with van der Waals surface area (Å²) in [5.41, 5.74) is 1.21. The van der Waals surface area contributed by atoms with Gasteiger partial charge in [0.1, 0.15) is 17.1 Å². The first-order valence-electron chi connectivity index (χ1n) is 13.2. The number of fused-ring (bicyclic) bond motifs is 1. The van der Waals surface area contributed by atoms with Crippen molar-refractivity contribution in [2.24, 2.45) is 0 Å². The minimum Gasteiger partial charge on any atom is -0.457 e. The lowest BCUT2D eigenvalue weighted by atomic mass is 10.0. The third-order valence-corrected chi connectivity index (χ3v) is 6.67. The van der Waals surface area contributed by atoms with Gasteiger partial charge in [-0.25, -0.2) is 9.50 Å². The van der Waals surface area contributed by atoms with Crippen molar-refractivity contribution in [3.8, 4) is 22.8 Å². The van der Waals surface area contributed by atoms with Crippen LogP contribution in [0.15, 0.2) is 72.9 Å². The van der Waals surface area contributed by atoms with Crippen LogP contribution in [0.5, 0.6) is 11.5 Å². The number of rotatable bonds is 7. The Morgan fingerprint density at radius 1 is 0.977 bits per heavy atom. The van der Waals surface area contributed by atoms with Gasteiger partial charge in [-0.3, -0.25) is 14.9 Å². The van der Waals surface area contributed by atoms with Gasteiger partial charge in [0.25, 0.3) is 11.6 Å². The monoisotopic (exact) mass is 589 g/mol. The molecule has 5 rings (SSSR count). The molecule has 0 saturated carbocycles. The molecular formula is C31H26F3N5O4. The van der Waals surface area contributed by atoms with E-state index in [0.717, 1.165) is 35.0 Å². The zero-order valence-electron chi connectivity index (χ0n) is 23.6. The van der Waals surface area contributed by atoms with Crippen LogP contribution in [0.2, 0.25) is 0 Å². The van der Waals surface area contributed by atoms with Gasteiger partial charge in [-0.05, 0) is 54.7 Å². The van der Waals surface area contributed by atoms with Crippen LogP contribution in [0.4, 0.5) is 24.5 Å². The van der Waals surface area contributed by atoms with E-state index >= 15 is 0 Å². The first kappa shape index (κ1) is 29.2. The Morgan fingerprint density at radius 2 is 1.63 bits per heavy atom. The second kappa shape index (κ2) is 11.2. The molecule has 43 heavy (non-hydrogen) atoms. The van der Waals surface area contributed by atoms with Crippen molar-refractivity contribution in [2.75, 3.05) is 5.32 Å². The molecule has 0 fully saturated rings. The zero-order chi connectivity index (χ0) is 31.1. The molecule has 1 amide bonds. The molecule has 0 aliphatic rings.